The van der Waals surface area contributed by atoms with Crippen LogP contribution in [0.5, 0.6) is 28.7 Å². The van der Waals surface area contributed by atoms with Crippen LogP contribution in [0.3, 0.4) is 0 Å². The molecule has 0 aromatic heterocycles. The van der Waals surface area contributed by atoms with Gasteiger partial charge < -0.3 is 94.1 Å². The van der Waals surface area contributed by atoms with Crippen LogP contribution in [-0.2, 0) is 23.7 Å². The van der Waals surface area contributed by atoms with Crippen molar-refractivity contribution in [1.29, 1.82) is 0 Å². The van der Waals surface area contributed by atoms with Gasteiger partial charge in [0.15, 0.2) is 47.9 Å². The molecule has 0 amide bonds. The first-order valence-corrected chi connectivity index (χ1v) is 16.0. The predicted octanol–water partition coefficient (Wildman–Crippen LogP) is -3.76. The number of ether oxygens (including phenoxy) is 8. The average Bonchev–Trinajstić information content (AvgIpc) is 3.54. The molecule has 20 heteroatoms. The first-order valence-electron chi connectivity index (χ1n) is 16.0. The fourth-order valence-corrected chi connectivity index (χ4v) is 6.29. The number of phenolic OH excluding ortho intramolecular Hbond substituents is 2. The van der Waals surface area contributed by atoms with Gasteiger partial charge in [0.05, 0.1) is 40.0 Å². The molecule has 20 nitrogen and oxygen atoms in total. The monoisotopic (exact) mass is 744 g/mol. The minimum Gasteiger partial charge on any atom is -0.507 e. The zero-order chi connectivity index (χ0) is 37.7. The number of carbonyl (C=O) groups is 1. The fraction of sp³-hybridized carbons (Fsp3) is 0.594. The van der Waals surface area contributed by atoms with Crippen LogP contribution in [0, 0.1) is 0 Å². The second-order valence-corrected chi connectivity index (χ2v) is 12.9. The van der Waals surface area contributed by atoms with E-state index >= 15 is 0 Å². The Balaban J connectivity index is 1.24. The van der Waals surface area contributed by atoms with E-state index in [1.54, 1.807) is 0 Å². The van der Waals surface area contributed by atoms with Crippen molar-refractivity contribution in [3.63, 3.8) is 0 Å². The lowest BCUT2D eigenvalue weighted by Gasteiger charge is -2.42. The Kier molecular flexibility index (Phi) is 10.9. The molecule has 3 fully saturated rings. The third kappa shape index (κ3) is 6.76. The van der Waals surface area contributed by atoms with Crippen LogP contribution in [-0.4, -0.2) is 168 Å². The largest absolute Gasteiger partial charge is 0.507 e. The van der Waals surface area contributed by atoms with Crippen LogP contribution in [0.25, 0.3) is 0 Å². The molecular formula is C32H40O20. The second-order valence-electron chi connectivity index (χ2n) is 12.9. The summed E-state index contributed by atoms with van der Waals surface area (Å²) < 4.78 is 44.5. The fourth-order valence-electron chi connectivity index (χ4n) is 6.29. The number of hydrogen-bond donors (Lipinski definition) is 11. The zero-order valence-electron chi connectivity index (χ0n) is 27.4. The van der Waals surface area contributed by atoms with Crippen molar-refractivity contribution in [3.8, 4) is 28.7 Å². The number of carbonyl (C=O) groups excluding carboxylic acids is 1. The lowest BCUT2D eigenvalue weighted by Crippen LogP contribution is -2.62. The molecule has 52 heavy (non-hydrogen) atoms. The molecule has 288 valence electrons. The molecule has 4 heterocycles. The maximum atomic E-state index is 13.1. The molecule has 11 N–H and O–H groups in total. The van der Waals surface area contributed by atoms with Gasteiger partial charge in [-0.05, 0) is 17.7 Å². The van der Waals surface area contributed by atoms with E-state index in [1.165, 1.54) is 31.4 Å². The second kappa shape index (κ2) is 14.8. The highest BCUT2D eigenvalue weighted by atomic mass is 16.8. The van der Waals surface area contributed by atoms with Gasteiger partial charge >= 0.3 is 0 Å². The summed E-state index contributed by atoms with van der Waals surface area (Å²) >= 11 is 0. The van der Waals surface area contributed by atoms with Crippen LogP contribution < -0.4 is 14.2 Å². The van der Waals surface area contributed by atoms with Crippen LogP contribution in [0.2, 0.25) is 0 Å². The van der Waals surface area contributed by atoms with Crippen molar-refractivity contribution < 1.29 is 98.9 Å². The molecule has 6 rings (SSSR count). The number of phenols is 2. The predicted molar refractivity (Wildman–Crippen MR) is 164 cm³/mol. The van der Waals surface area contributed by atoms with Crippen molar-refractivity contribution in [2.45, 2.75) is 85.5 Å². The normalized spacial score (nSPS) is 38.9. The number of ketones is 1. The molecular weight excluding hydrogens is 704 g/mol. The van der Waals surface area contributed by atoms with Gasteiger partial charge in [-0.2, -0.15) is 0 Å². The Morgan fingerprint density at radius 1 is 0.865 bits per heavy atom. The van der Waals surface area contributed by atoms with Crippen molar-refractivity contribution in [2.24, 2.45) is 0 Å². The number of aliphatic hydroxyl groups excluding tert-OH is 7. The minimum atomic E-state index is -2.66. The van der Waals surface area contributed by atoms with E-state index in [1.807, 2.05) is 0 Å². The van der Waals surface area contributed by atoms with E-state index in [4.69, 9.17) is 37.9 Å². The molecule has 13 atom stereocenters. The zero-order valence-corrected chi connectivity index (χ0v) is 27.4. The molecule has 4 aliphatic heterocycles. The molecule has 2 aromatic rings. The van der Waals surface area contributed by atoms with Crippen LogP contribution in [0.15, 0.2) is 30.3 Å². The van der Waals surface area contributed by atoms with Gasteiger partial charge in [-0.1, -0.05) is 6.07 Å². The highest BCUT2D eigenvalue weighted by Crippen LogP contribution is 2.44. The van der Waals surface area contributed by atoms with Gasteiger partial charge in [-0.25, -0.2) is 0 Å². The first kappa shape index (κ1) is 38.3. The van der Waals surface area contributed by atoms with Crippen LogP contribution >= 0.6 is 0 Å². The molecule has 3 saturated heterocycles. The molecule has 4 aliphatic rings. The number of fused-ring (bicyclic) bond motifs is 1. The van der Waals surface area contributed by atoms with Crippen molar-refractivity contribution in [3.05, 3.63) is 41.5 Å². The maximum Gasteiger partial charge on any atom is 0.229 e. The SMILES string of the molecule is COc1cc([C@@H]2CC(=O)c3c(O)cc(O[C@@H]4O[C@H](CO)[C@@H](O)[C@H](O)[C@H]4O[C@@H]4O[C@@H](O[C@@H]5OC[C@](O)(CO)[C@H]5O)[C@](O)(CO)[C@H]4O)cc3O2)ccc1O. The van der Waals surface area contributed by atoms with E-state index in [0.29, 0.717) is 5.56 Å². The summed E-state index contributed by atoms with van der Waals surface area (Å²) in [5.74, 6) is -1.41. The summed E-state index contributed by atoms with van der Waals surface area (Å²) in [6.45, 7) is -3.53. The number of methoxy groups -OCH3 is 1. The summed E-state index contributed by atoms with van der Waals surface area (Å²) in [5, 5.41) is 114. The molecule has 0 aliphatic carbocycles. The molecule has 0 spiro atoms. The Bertz CT molecular complexity index is 1610. The quantitative estimate of drug-likeness (QED) is 0.105. The highest BCUT2D eigenvalue weighted by molar-refractivity contribution is 6.02. The third-order valence-corrected chi connectivity index (χ3v) is 9.44. The third-order valence-electron chi connectivity index (χ3n) is 9.44. The Morgan fingerprint density at radius 3 is 2.27 bits per heavy atom. The molecule has 0 unspecified atom stereocenters. The Morgan fingerprint density at radius 2 is 1.62 bits per heavy atom. The van der Waals surface area contributed by atoms with E-state index < -0.39 is 117 Å². The number of benzene rings is 2. The number of aliphatic hydroxyl groups is 9. The summed E-state index contributed by atoms with van der Waals surface area (Å²) in [6.07, 6.45) is -19.6. The van der Waals surface area contributed by atoms with Crippen molar-refractivity contribution >= 4 is 5.78 Å². The van der Waals surface area contributed by atoms with Gasteiger partial charge in [0, 0.05) is 12.1 Å². The first-order chi connectivity index (χ1) is 24.7. The number of Topliss-reactive ketones (excluding diaryl/α,β-unsaturated/α-hetero) is 1. The standard InChI is InChI=1S/C32H40O20/c1-45-18-4-12(2-3-14(18)36)17-7-16(38)21-15(37)5-13(6-19(21)48-17)47-27-24(23(40)22(39)20(8-33)49-27)50-29-26(42)32(44,10-35)30(52-29)51-28-25(41)31(43,9-34)11-46-28/h2-6,17,20,22-30,33-37,39-44H,7-11H2,1H3/t17-,20+,22+,23-,24+,25-,26-,27+,28-,29+,30+,31+,32-/m0/s1. The van der Waals surface area contributed by atoms with Gasteiger partial charge in [-0.3, -0.25) is 4.79 Å². The summed E-state index contributed by atoms with van der Waals surface area (Å²) in [4.78, 5) is 13.1. The van der Waals surface area contributed by atoms with Gasteiger partial charge in [0.2, 0.25) is 6.29 Å². The van der Waals surface area contributed by atoms with Crippen molar-refractivity contribution in [1.82, 2.24) is 0 Å². The van der Waals surface area contributed by atoms with E-state index in [0.717, 1.165) is 6.07 Å². The van der Waals surface area contributed by atoms with Crippen LogP contribution in [0.4, 0.5) is 0 Å². The van der Waals surface area contributed by atoms with Crippen molar-refractivity contribution in [2.75, 3.05) is 33.5 Å². The smallest absolute Gasteiger partial charge is 0.229 e. The van der Waals surface area contributed by atoms with E-state index in [9.17, 15) is 61.0 Å². The average molecular weight is 745 g/mol. The van der Waals surface area contributed by atoms with E-state index in [-0.39, 0.29) is 35.0 Å². The highest BCUT2D eigenvalue weighted by Gasteiger charge is 2.61. The van der Waals surface area contributed by atoms with Gasteiger partial charge in [-0.15, -0.1) is 0 Å². The van der Waals surface area contributed by atoms with Gasteiger partial charge in [0.25, 0.3) is 0 Å². The van der Waals surface area contributed by atoms with Crippen LogP contribution in [0.1, 0.15) is 28.4 Å². The summed E-state index contributed by atoms with van der Waals surface area (Å²) in [6, 6.07) is 6.60. The summed E-state index contributed by atoms with van der Waals surface area (Å²) in [7, 11) is 1.35. The maximum absolute atomic E-state index is 13.1. The molecule has 2 aromatic carbocycles. The number of aromatic hydroxyl groups is 2. The van der Waals surface area contributed by atoms with E-state index in [2.05, 4.69) is 0 Å². The lowest BCUT2D eigenvalue weighted by atomic mass is 9.95. The number of rotatable bonds is 11. The molecule has 0 radical (unpaired) electrons. The van der Waals surface area contributed by atoms with Gasteiger partial charge in [0.1, 0.15) is 65.0 Å². The molecule has 0 saturated carbocycles. The Labute approximate surface area is 294 Å². The molecule has 0 bridgehead atoms. The minimum absolute atomic E-state index is 0.122. The lowest BCUT2D eigenvalue weighted by molar-refractivity contribution is -0.337. The topological polar surface area (TPSA) is 313 Å². The summed E-state index contributed by atoms with van der Waals surface area (Å²) in [5.41, 5.74) is -4.50. The number of hydrogen-bond acceptors (Lipinski definition) is 20. The Hall–Kier alpha value is -3.45.